The quantitative estimate of drug-likeness (QED) is 0.812. The molecule has 2 aromatic carbocycles. The summed E-state index contributed by atoms with van der Waals surface area (Å²) in [6.45, 7) is 2.50. The van der Waals surface area contributed by atoms with E-state index in [2.05, 4.69) is 0 Å². The van der Waals surface area contributed by atoms with Crippen LogP contribution in [0.1, 0.15) is 31.2 Å². The molecule has 2 amide bonds. The first-order valence-electron chi connectivity index (χ1n) is 7.82. The molecule has 1 heterocycles. The highest BCUT2D eigenvalue weighted by Gasteiger charge is 2.34. The van der Waals surface area contributed by atoms with Gasteiger partial charge in [0.2, 0.25) is 11.8 Å². The molecule has 0 atom stereocenters. The summed E-state index contributed by atoms with van der Waals surface area (Å²) in [7, 11) is 0. The number of imide groups is 1. The maximum Gasteiger partial charge on any atom is 0.234 e. The summed E-state index contributed by atoms with van der Waals surface area (Å²) >= 11 is 0. The van der Waals surface area contributed by atoms with Crippen LogP contribution in [0.15, 0.2) is 54.6 Å². The minimum atomic E-state index is -0.153. The van der Waals surface area contributed by atoms with E-state index in [-0.39, 0.29) is 17.7 Å². The first kappa shape index (κ1) is 15.3. The Bertz CT molecular complexity index is 676. The summed E-state index contributed by atoms with van der Waals surface area (Å²) in [5, 5.41) is 0. The van der Waals surface area contributed by atoms with Crippen LogP contribution < -0.4 is 9.64 Å². The molecule has 2 aromatic rings. The molecule has 1 saturated heterocycles. The molecule has 0 bridgehead atoms. The first-order valence-corrected chi connectivity index (χ1v) is 7.82. The highest BCUT2D eigenvalue weighted by molar-refractivity contribution is 6.17. The number of carbonyl (C=O) groups excluding carboxylic acids is 2. The third-order valence-electron chi connectivity index (χ3n) is 4.02. The van der Waals surface area contributed by atoms with E-state index in [0.717, 1.165) is 11.3 Å². The summed E-state index contributed by atoms with van der Waals surface area (Å²) in [5.74, 6) is 0.393. The summed E-state index contributed by atoms with van der Waals surface area (Å²) in [4.78, 5) is 26.2. The van der Waals surface area contributed by atoms with Gasteiger partial charge in [-0.25, -0.2) is 0 Å². The molecule has 0 aromatic heterocycles. The Morgan fingerprint density at radius 3 is 2.13 bits per heavy atom. The van der Waals surface area contributed by atoms with E-state index in [1.807, 2.05) is 37.3 Å². The first-order chi connectivity index (χ1) is 11.2. The molecule has 118 valence electrons. The van der Waals surface area contributed by atoms with Gasteiger partial charge in [-0.1, -0.05) is 30.3 Å². The monoisotopic (exact) mass is 309 g/mol. The van der Waals surface area contributed by atoms with Gasteiger partial charge >= 0.3 is 0 Å². The lowest BCUT2D eigenvalue weighted by molar-refractivity contribution is -0.129. The molecule has 3 rings (SSSR count). The average molecular weight is 309 g/mol. The molecule has 0 unspecified atom stereocenters. The van der Waals surface area contributed by atoms with Crippen molar-refractivity contribution in [3.8, 4) is 5.75 Å². The average Bonchev–Trinajstić information content (AvgIpc) is 2.57. The fourth-order valence-corrected chi connectivity index (χ4v) is 2.92. The van der Waals surface area contributed by atoms with Gasteiger partial charge in [-0.3, -0.25) is 14.5 Å². The van der Waals surface area contributed by atoms with Gasteiger partial charge in [0.25, 0.3) is 0 Å². The zero-order valence-electron chi connectivity index (χ0n) is 13.1. The largest absolute Gasteiger partial charge is 0.494 e. The zero-order chi connectivity index (χ0) is 16.2. The van der Waals surface area contributed by atoms with Crippen LogP contribution in [0, 0.1) is 0 Å². The lowest BCUT2D eigenvalue weighted by Gasteiger charge is -2.30. The van der Waals surface area contributed by atoms with Gasteiger partial charge in [0, 0.05) is 18.8 Å². The van der Waals surface area contributed by atoms with Gasteiger partial charge < -0.3 is 4.74 Å². The summed E-state index contributed by atoms with van der Waals surface area (Å²) < 4.78 is 5.39. The lowest BCUT2D eigenvalue weighted by atomic mass is 9.88. The molecular weight excluding hydrogens is 290 g/mol. The number of piperidine rings is 1. The minimum Gasteiger partial charge on any atom is -0.494 e. The van der Waals surface area contributed by atoms with Gasteiger partial charge in [0.05, 0.1) is 12.3 Å². The normalized spacial score (nSPS) is 15.8. The van der Waals surface area contributed by atoms with E-state index in [1.165, 1.54) is 4.90 Å². The van der Waals surface area contributed by atoms with Crippen molar-refractivity contribution in [1.29, 1.82) is 0 Å². The molecule has 23 heavy (non-hydrogen) atoms. The van der Waals surface area contributed by atoms with Crippen LogP contribution in [0.3, 0.4) is 0 Å². The number of ether oxygens (including phenoxy) is 1. The van der Waals surface area contributed by atoms with E-state index in [9.17, 15) is 9.59 Å². The Morgan fingerprint density at radius 2 is 1.57 bits per heavy atom. The Balaban J connectivity index is 1.78. The predicted molar refractivity (Wildman–Crippen MR) is 88.5 cm³/mol. The number of benzene rings is 2. The second kappa shape index (κ2) is 6.65. The number of hydrogen-bond donors (Lipinski definition) is 0. The Hall–Kier alpha value is -2.62. The van der Waals surface area contributed by atoms with Gasteiger partial charge in [-0.05, 0) is 36.8 Å². The van der Waals surface area contributed by atoms with E-state index >= 15 is 0 Å². The highest BCUT2D eigenvalue weighted by Crippen LogP contribution is 2.32. The van der Waals surface area contributed by atoms with Crippen LogP contribution >= 0.6 is 0 Å². The van der Waals surface area contributed by atoms with Crippen molar-refractivity contribution < 1.29 is 14.3 Å². The van der Waals surface area contributed by atoms with Gasteiger partial charge in [0.1, 0.15) is 5.75 Å². The Kier molecular flexibility index (Phi) is 4.42. The van der Waals surface area contributed by atoms with Crippen molar-refractivity contribution in [2.24, 2.45) is 0 Å². The Morgan fingerprint density at radius 1 is 0.957 bits per heavy atom. The zero-order valence-corrected chi connectivity index (χ0v) is 13.1. The number of carbonyl (C=O) groups is 2. The van der Waals surface area contributed by atoms with Crippen molar-refractivity contribution in [3.63, 3.8) is 0 Å². The van der Waals surface area contributed by atoms with Crippen LogP contribution in [0.25, 0.3) is 0 Å². The molecule has 0 spiro atoms. The number of amides is 2. The molecule has 0 N–H and O–H groups in total. The van der Waals surface area contributed by atoms with Crippen LogP contribution in [0.4, 0.5) is 5.69 Å². The fourth-order valence-electron chi connectivity index (χ4n) is 2.92. The molecule has 4 heteroatoms. The van der Waals surface area contributed by atoms with E-state index in [4.69, 9.17) is 4.74 Å². The maximum atomic E-state index is 12.5. The van der Waals surface area contributed by atoms with E-state index < -0.39 is 0 Å². The van der Waals surface area contributed by atoms with Gasteiger partial charge in [-0.15, -0.1) is 0 Å². The maximum absolute atomic E-state index is 12.5. The third-order valence-corrected chi connectivity index (χ3v) is 4.02. The molecular formula is C19H19NO3. The fraction of sp³-hybridized carbons (Fsp3) is 0.263. The smallest absolute Gasteiger partial charge is 0.234 e. The van der Waals surface area contributed by atoms with Crippen LogP contribution in [0.5, 0.6) is 5.75 Å². The van der Waals surface area contributed by atoms with Crippen molar-refractivity contribution in [2.45, 2.75) is 25.7 Å². The van der Waals surface area contributed by atoms with Crippen LogP contribution in [0.2, 0.25) is 0 Å². The van der Waals surface area contributed by atoms with Gasteiger partial charge in [0.15, 0.2) is 0 Å². The van der Waals surface area contributed by atoms with Crippen LogP contribution in [-0.4, -0.2) is 18.4 Å². The van der Waals surface area contributed by atoms with Crippen molar-refractivity contribution in [3.05, 3.63) is 60.2 Å². The number of nitrogens with zero attached hydrogens (tertiary/aromatic N) is 1. The molecule has 0 aliphatic carbocycles. The minimum absolute atomic E-state index is 0.0323. The van der Waals surface area contributed by atoms with Crippen LogP contribution in [-0.2, 0) is 9.59 Å². The molecule has 4 nitrogen and oxygen atoms in total. The summed E-state index contributed by atoms with van der Waals surface area (Å²) in [6.07, 6.45) is 0.700. The number of hydrogen-bond acceptors (Lipinski definition) is 3. The SMILES string of the molecule is CCOc1ccc(N2C(=O)CC(c3ccccc3)CC2=O)cc1. The molecule has 0 radical (unpaired) electrons. The molecule has 0 saturated carbocycles. The second-order valence-electron chi connectivity index (χ2n) is 5.57. The molecule has 1 aliphatic rings. The Labute approximate surface area is 135 Å². The summed E-state index contributed by atoms with van der Waals surface area (Å²) in [5.41, 5.74) is 1.65. The van der Waals surface area contributed by atoms with Crippen molar-refractivity contribution in [1.82, 2.24) is 0 Å². The van der Waals surface area contributed by atoms with Crippen molar-refractivity contribution in [2.75, 3.05) is 11.5 Å². The standard InChI is InChI=1S/C19H19NO3/c1-2-23-17-10-8-16(9-11-17)20-18(21)12-15(13-19(20)22)14-6-4-3-5-7-14/h3-11,15H,2,12-13H2,1H3. The molecule has 1 aliphatic heterocycles. The molecule has 1 fully saturated rings. The topological polar surface area (TPSA) is 46.6 Å². The number of anilines is 1. The summed E-state index contributed by atoms with van der Waals surface area (Å²) in [6, 6.07) is 16.8. The highest BCUT2D eigenvalue weighted by atomic mass is 16.5. The second-order valence-corrected chi connectivity index (χ2v) is 5.57. The predicted octanol–water partition coefficient (Wildman–Crippen LogP) is 3.52. The lowest BCUT2D eigenvalue weighted by Crippen LogP contribution is -2.42. The van der Waals surface area contributed by atoms with Gasteiger partial charge in [-0.2, -0.15) is 0 Å². The van der Waals surface area contributed by atoms with E-state index in [0.29, 0.717) is 25.1 Å². The third kappa shape index (κ3) is 3.26. The number of rotatable bonds is 4. The van der Waals surface area contributed by atoms with Crippen molar-refractivity contribution >= 4 is 17.5 Å². The van der Waals surface area contributed by atoms with E-state index in [1.54, 1.807) is 24.3 Å².